The molecule has 0 atom stereocenters. The van der Waals surface area contributed by atoms with Gasteiger partial charge in [-0.2, -0.15) is 5.10 Å². The molecule has 3 rings (SSSR count). The average molecular weight is 286 g/mol. The summed E-state index contributed by atoms with van der Waals surface area (Å²) in [6.45, 7) is 2.75. The minimum atomic E-state index is -0.432. The molecular weight excluding hydrogens is 268 g/mol. The monoisotopic (exact) mass is 286 g/mol. The number of amides is 1. The highest BCUT2D eigenvalue weighted by molar-refractivity contribution is 5.92. The number of anilines is 1. The van der Waals surface area contributed by atoms with Gasteiger partial charge in [-0.25, -0.2) is 4.98 Å². The van der Waals surface area contributed by atoms with Crippen LogP contribution in [0.15, 0.2) is 31.0 Å². The average Bonchev–Trinajstić information content (AvgIpc) is 2.98. The molecule has 0 radical (unpaired) electrons. The molecule has 1 aliphatic rings. The number of hydrogen-bond donors (Lipinski definition) is 1. The Labute approximate surface area is 122 Å². The number of nitrogens with two attached hydrogens (primary N) is 1. The zero-order chi connectivity index (χ0) is 14.7. The Morgan fingerprint density at radius 3 is 2.71 bits per heavy atom. The van der Waals surface area contributed by atoms with Crippen LogP contribution in [0.4, 0.5) is 5.82 Å². The smallest absolute Gasteiger partial charge is 0.251 e. The van der Waals surface area contributed by atoms with Gasteiger partial charge in [0, 0.05) is 38.2 Å². The van der Waals surface area contributed by atoms with E-state index < -0.39 is 5.91 Å². The number of rotatable bonds is 4. The summed E-state index contributed by atoms with van der Waals surface area (Å²) < 4.78 is 1.81. The highest BCUT2D eigenvalue weighted by Gasteiger charge is 2.21. The van der Waals surface area contributed by atoms with Gasteiger partial charge in [0.15, 0.2) is 0 Å². The molecule has 110 valence electrons. The van der Waals surface area contributed by atoms with Gasteiger partial charge in [0.1, 0.15) is 5.82 Å². The number of aromatic nitrogens is 4. The molecule has 2 N–H and O–H groups in total. The van der Waals surface area contributed by atoms with Crippen LogP contribution >= 0.6 is 0 Å². The van der Waals surface area contributed by atoms with Crippen LogP contribution in [0.1, 0.15) is 23.2 Å². The third-order valence-corrected chi connectivity index (χ3v) is 3.85. The lowest BCUT2D eigenvalue weighted by atomic mass is 9.97. The second-order valence-corrected chi connectivity index (χ2v) is 5.31. The maximum absolute atomic E-state index is 11.1. The number of nitrogens with zero attached hydrogens (tertiary/aromatic N) is 5. The van der Waals surface area contributed by atoms with Gasteiger partial charge in [0.2, 0.25) is 0 Å². The van der Waals surface area contributed by atoms with E-state index in [2.05, 4.69) is 20.0 Å². The van der Waals surface area contributed by atoms with Crippen LogP contribution in [-0.2, 0) is 6.54 Å². The van der Waals surface area contributed by atoms with E-state index in [-0.39, 0.29) is 0 Å². The number of piperidine rings is 1. The predicted molar refractivity (Wildman–Crippen MR) is 77.7 cm³/mol. The highest BCUT2D eigenvalue weighted by atomic mass is 16.1. The van der Waals surface area contributed by atoms with E-state index in [1.54, 1.807) is 24.8 Å². The van der Waals surface area contributed by atoms with E-state index in [9.17, 15) is 4.79 Å². The molecule has 7 nitrogen and oxygen atoms in total. The van der Waals surface area contributed by atoms with Gasteiger partial charge >= 0.3 is 0 Å². The minimum absolute atomic E-state index is 0.432. The van der Waals surface area contributed by atoms with Crippen molar-refractivity contribution in [3.05, 3.63) is 36.5 Å². The third kappa shape index (κ3) is 3.18. The van der Waals surface area contributed by atoms with Crippen molar-refractivity contribution in [1.29, 1.82) is 0 Å². The zero-order valence-electron chi connectivity index (χ0n) is 11.7. The van der Waals surface area contributed by atoms with Crippen molar-refractivity contribution < 1.29 is 4.79 Å². The summed E-state index contributed by atoms with van der Waals surface area (Å²) >= 11 is 0. The summed E-state index contributed by atoms with van der Waals surface area (Å²) in [6, 6.07) is 0. The second kappa shape index (κ2) is 5.90. The van der Waals surface area contributed by atoms with Crippen LogP contribution in [0.25, 0.3) is 0 Å². The molecule has 1 amide bonds. The van der Waals surface area contributed by atoms with Crippen LogP contribution in [0.2, 0.25) is 0 Å². The van der Waals surface area contributed by atoms with Crippen LogP contribution in [0, 0.1) is 5.92 Å². The predicted octanol–water partition coefficient (Wildman–Crippen LogP) is 0.689. The number of carbonyl (C=O) groups is 1. The van der Waals surface area contributed by atoms with Crippen LogP contribution in [-0.4, -0.2) is 38.7 Å². The Balaban J connectivity index is 1.55. The lowest BCUT2D eigenvalue weighted by Gasteiger charge is -2.32. The molecule has 1 saturated heterocycles. The summed E-state index contributed by atoms with van der Waals surface area (Å²) in [4.78, 5) is 21.7. The van der Waals surface area contributed by atoms with Crippen molar-refractivity contribution in [2.75, 3.05) is 18.0 Å². The maximum Gasteiger partial charge on any atom is 0.251 e. The van der Waals surface area contributed by atoms with Crippen molar-refractivity contribution in [3.8, 4) is 0 Å². The summed E-state index contributed by atoms with van der Waals surface area (Å²) in [6.07, 6.45) is 10.6. The molecule has 1 aliphatic heterocycles. The molecule has 0 saturated carbocycles. The van der Waals surface area contributed by atoms with Crippen molar-refractivity contribution in [1.82, 2.24) is 19.7 Å². The summed E-state index contributed by atoms with van der Waals surface area (Å²) in [7, 11) is 0. The van der Waals surface area contributed by atoms with E-state index in [1.807, 2.05) is 4.68 Å². The fourth-order valence-corrected chi connectivity index (χ4v) is 2.65. The van der Waals surface area contributed by atoms with E-state index in [0.717, 1.165) is 38.3 Å². The van der Waals surface area contributed by atoms with Crippen molar-refractivity contribution in [2.24, 2.45) is 11.7 Å². The zero-order valence-corrected chi connectivity index (χ0v) is 11.7. The normalized spacial score (nSPS) is 16.1. The van der Waals surface area contributed by atoms with Gasteiger partial charge in [0.05, 0.1) is 18.0 Å². The second-order valence-electron chi connectivity index (χ2n) is 5.31. The van der Waals surface area contributed by atoms with Crippen molar-refractivity contribution in [3.63, 3.8) is 0 Å². The van der Waals surface area contributed by atoms with Crippen LogP contribution < -0.4 is 10.6 Å². The quantitative estimate of drug-likeness (QED) is 0.893. The van der Waals surface area contributed by atoms with Gasteiger partial charge in [0.25, 0.3) is 5.91 Å². The number of hydrogen-bond acceptors (Lipinski definition) is 5. The standard InChI is InChI=1S/C14H18N6O/c15-14(21)12-7-18-20(10-12)9-11-1-5-19(6-2-11)13-8-16-3-4-17-13/h3-4,7-8,10-11H,1-2,5-6,9H2,(H2,15,21). The molecule has 3 heterocycles. The number of carbonyl (C=O) groups excluding carboxylic acids is 1. The molecular formula is C14H18N6O. The summed E-state index contributed by atoms with van der Waals surface area (Å²) in [5, 5.41) is 4.19. The van der Waals surface area contributed by atoms with Gasteiger partial charge in [-0.05, 0) is 18.8 Å². The number of primary amides is 1. The molecule has 21 heavy (non-hydrogen) atoms. The van der Waals surface area contributed by atoms with Crippen LogP contribution in [0.3, 0.4) is 0 Å². The first kappa shape index (κ1) is 13.5. The molecule has 7 heteroatoms. The lowest BCUT2D eigenvalue weighted by molar-refractivity contribution is 0.1000. The molecule has 2 aromatic heterocycles. The van der Waals surface area contributed by atoms with E-state index >= 15 is 0 Å². The largest absolute Gasteiger partial charge is 0.366 e. The Bertz CT molecular complexity index is 603. The Hall–Kier alpha value is -2.44. The fourth-order valence-electron chi connectivity index (χ4n) is 2.65. The molecule has 0 unspecified atom stereocenters. The van der Waals surface area contributed by atoms with Gasteiger partial charge in [-0.1, -0.05) is 0 Å². The van der Waals surface area contributed by atoms with Crippen molar-refractivity contribution >= 4 is 11.7 Å². The van der Waals surface area contributed by atoms with Gasteiger partial charge in [-0.15, -0.1) is 0 Å². The third-order valence-electron chi connectivity index (χ3n) is 3.85. The minimum Gasteiger partial charge on any atom is -0.366 e. The molecule has 0 aromatic carbocycles. The Morgan fingerprint density at radius 1 is 1.29 bits per heavy atom. The molecule has 2 aromatic rings. The molecule has 0 aliphatic carbocycles. The topological polar surface area (TPSA) is 89.9 Å². The van der Waals surface area contributed by atoms with E-state index in [0.29, 0.717) is 11.5 Å². The van der Waals surface area contributed by atoms with E-state index in [4.69, 9.17) is 5.73 Å². The molecule has 1 fully saturated rings. The highest BCUT2D eigenvalue weighted by Crippen LogP contribution is 2.22. The molecule has 0 bridgehead atoms. The lowest BCUT2D eigenvalue weighted by Crippen LogP contribution is -2.35. The first-order chi connectivity index (χ1) is 10.2. The van der Waals surface area contributed by atoms with Gasteiger partial charge < -0.3 is 10.6 Å². The first-order valence-corrected chi connectivity index (χ1v) is 7.05. The van der Waals surface area contributed by atoms with Gasteiger partial charge in [-0.3, -0.25) is 14.5 Å². The van der Waals surface area contributed by atoms with Crippen molar-refractivity contribution in [2.45, 2.75) is 19.4 Å². The Morgan fingerprint density at radius 2 is 2.10 bits per heavy atom. The summed E-state index contributed by atoms with van der Waals surface area (Å²) in [5.74, 6) is 1.06. The Kier molecular flexibility index (Phi) is 3.81. The first-order valence-electron chi connectivity index (χ1n) is 7.05. The maximum atomic E-state index is 11.1. The van der Waals surface area contributed by atoms with E-state index in [1.165, 1.54) is 6.20 Å². The SMILES string of the molecule is NC(=O)c1cnn(CC2CCN(c3cnccn3)CC2)c1. The molecule has 0 spiro atoms. The van der Waals surface area contributed by atoms with Crippen LogP contribution in [0.5, 0.6) is 0 Å². The fraction of sp³-hybridized carbons (Fsp3) is 0.429. The summed E-state index contributed by atoms with van der Waals surface area (Å²) in [5.41, 5.74) is 5.70.